The largest absolute Gasteiger partial charge is 0.353 e. The minimum atomic E-state index is -0.426. The SMILES string of the molecule is CC(C)C[Si+](CC(C)C)c1ccc(CCOC2CCCCO2)cc1. The van der Waals surface area contributed by atoms with E-state index in [1.807, 2.05) is 0 Å². The first-order chi connectivity index (χ1) is 11.5. The van der Waals surface area contributed by atoms with Crippen molar-refractivity contribution in [3.8, 4) is 0 Å². The van der Waals surface area contributed by atoms with Crippen LogP contribution in [0.3, 0.4) is 0 Å². The second-order valence-corrected chi connectivity index (χ2v) is 10.5. The quantitative estimate of drug-likeness (QED) is 0.598. The molecule has 0 spiro atoms. The maximum Gasteiger partial charge on any atom is 0.352 e. The molecule has 0 N–H and O–H groups in total. The summed E-state index contributed by atoms with van der Waals surface area (Å²) in [7, 11) is -0.426. The van der Waals surface area contributed by atoms with Crippen LogP contribution >= 0.6 is 0 Å². The maximum absolute atomic E-state index is 5.85. The van der Waals surface area contributed by atoms with Gasteiger partial charge in [-0.05, 0) is 55.2 Å². The van der Waals surface area contributed by atoms with E-state index < -0.39 is 8.80 Å². The van der Waals surface area contributed by atoms with Gasteiger partial charge in [0.05, 0.1) is 23.9 Å². The third kappa shape index (κ3) is 7.08. The van der Waals surface area contributed by atoms with E-state index in [2.05, 4.69) is 52.0 Å². The van der Waals surface area contributed by atoms with E-state index in [4.69, 9.17) is 9.47 Å². The van der Waals surface area contributed by atoms with Crippen LogP contribution < -0.4 is 5.19 Å². The molecule has 1 fully saturated rings. The smallest absolute Gasteiger partial charge is 0.352 e. The molecule has 134 valence electrons. The van der Waals surface area contributed by atoms with Gasteiger partial charge in [0.1, 0.15) is 0 Å². The minimum Gasteiger partial charge on any atom is -0.353 e. The van der Waals surface area contributed by atoms with Crippen LogP contribution in [0.5, 0.6) is 0 Å². The van der Waals surface area contributed by atoms with E-state index in [0.29, 0.717) is 0 Å². The monoisotopic (exact) mass is 347 g/mol. The van der Waals surface area contributed by atoms with Gasteiger partial charge in [0, 0.05) is 6.61 Å². The van der Waals surface area contributed by atoms with Crippen molar-refractivity contribution in [1.29, 1.82) is 0 Å². The summed E-state index contributed by atoms with van der Waals surface area (Å²) in [5, 5.41) is 1.60. The second kappa shape index (κ2) is 10.4. The Morgan fingerprint density at radius 1 is 1.04 bits per heavy atom. The first-order valence-electron chi connectivity index (χ1n) is 9.71. The lowest BCUT2D eigenvalue weighted by Crippen LogP contribution is -2.32. The van der Waals surface area contributed by atoms with Crippen LogP contribution in [0.15, 0.2) is 24.3 Å². The van der Waals surface area contributed by atoms with Gasteiger partial charge in [-0.3, -0.25) is 0 Å². The zero-order valence-electron chi connectivity index (χ0n) is 16.0. The van der Waals surface area contributed by atoms with Gasteiger partial charge >= 0.3 is 8.80 Å². The summed E-state index contributed by atoms with van der Waals surface area (Å²) in [6.45, 7) is 11.0. The van der Waals surface area contributed by atoms with Crippen LogP contribution in [0.25, 0.3) is 0 Å². The Bertz CT molecular complexity index is 439. The van der Waals surface area contributed by atoms with E-state index in [1.54, 1.807) is 5.19 Å². The Kier molecular flexibility index (Phi) is 8.50. The van der Waals surface area contributed by atoms with Crippen LogP contribution in [0.4, 0.5) is 0 Å². The fourth-order valence-electron chi connectivity index (χ4n) is 3.36. The highest BCUT2D eigenvalue weighted by atomic mass is 28.3. The van der Waals surface area contributed by atoms with E-state index in [-0.39, 0.29) is 6.29 Å². The van der Waals surface area contributed by atoms with Crippen molar-refractivity contribution in [2.24, 2.45) is 11.8 Å². The number of benzene rings is 1. The summed E-state index contributed by atoms with van der Waals surface area (Å²) in [4.78, 5) is 0. The highest BCUT2D eigenvalue weighted by molar-refractivity contribution is 6.73. The van der Waals surface area contributed by atoms with Crippen LogP contribution in [-0.4, -0.2) is 28.3 Å². The highest BCUT2D eigenvalue weighted by Crippen LogP contribution is 2.16. The Morgan fingerprint density at radius 3 is 2.25 bits per heavy atom. The van der Waals surface area contributed by atoms with Gasteiger partial charge in [0.25, 0.3) is 0 Å². The van der Waals surface area contributed by atoms with Crippen molar-refractivity contribution in [1.82, 2.24) is 0 Å². The molecule has 0 saturated carbocycles. The summed E-state index contributed by atoms with van der Waals surface area (Å²) in [6.07, 6.45) is 4.48. The van der Waals surface area contributed by atoms with Crippen LogP contribution in [0.2, 0.25) is 12.1 Å². The second-order valence-electron chi connectivity index (χ2n) is 7.91. The number of hydrogen-bond donors (Lipinski definition) is 0. The summed E-state index contributed by atoms with van der Waals surface area (Å²) in [5.74, 6) is 1.59. The summed E-state index contributed by atoms with van der Waals surface area (Å²) in [6, 6.07) is 12.1. The molecular formula is C21H35O2Si+. The molecule has 1 unspecified atom stereocenters. The van der Waals surface area contributed by atoms with Crippen LogP contribution in [0.1, 0.15) is 52.5 Å². The summed E-state index contributed by atoms with van der Waals surface area (Å²) >= 11 is 0. The molecule has 1 aromatic rings. The molecule has 1 saturated heterocycles. The average Bonchev–Trinajstić information content (AvgIpc) is 2.55. The van der Waals surface area contributed by atoms with Gasteiger partial charge in [0.15, 0.2) is 6.29 Å². The number of hydrogen-bond acceptors (Lipinski definition) is 2. The normalized spacial score (nSPS) is 18.3. The average molecular weight is 348 g/mol. The van der Waals surface area contributed by atoms with Crippen molar-refractivity contribution >= 4 is 14.0 Å². The Balaban J connectivity index is 1.83. The molecule has 0 aromatic heterocycles. The molecule has 1 aromatic carbocycles. The predicted octanol–water partition coefficient (Wildman–Crippen LogP) is 4.79. The van der Waals surface area contributed by atoms with Crippen molar-refractivity contribution in [2.75, 3.05) is 13.2 Å². The van der Waals surface area contributed by atoms with Gasteiger partial charge in [-0.25, -0.2) is 0 Å². The zero-order valence-corrected chi connectivity index (χ0v) is 17.0. The molecule has 24 heavy (non-hydrogen) atoms. The lowest BCUT2D eigenvalue weighted by atomic mass is 10.1. The lowest BCUT2D eigenvalue weighted by molar-refractivity contribution is -0.161. The van der Waals surface area contributed by atoms with Gasteiger partial charge < -0.3 is 9.47 Å². The van der Waals surface area contributed by atoms with E-state index in [1.165, 1.54) is 30.5 Å². The number of rotatable bonds is 9. The summed E-state index contributed by atoms with van der Waals surface area (Å²) in [5.41, 5.74) is 1.38. The molecule has 0 radical (unpaired) electrons. The van der Waals surface area contributed by atoms with Crippen molar-refractivity contribution in [2.45, 2.75) is 71.8 Å². The minimum absolute atomic E-state index is 0.0323. The third-order valence-corrected chi connectivity index (χ3v) is 8.27. The molecule has 2 rings (SSSR count). The van der Waals surface area contributed by atoms with Crippen molar-refractivity contribution in [3.05, 3.63) is 29.8 Å². The molecule has 1 aliphatic heterocycles. The Morgan fingerprint density at radius 2 is 1.71 bits per heavy atom. The Hall–Kier alpha value is -0.643. The van der Waals surface area contributed by atoms with E-state index in [9.17, 15) is 0 Å². The molecule has 1 atom stereocenters. The molecule has 0 amide bonds. The maximum atomic E-state index is 5.85. The molecule has 1 heterocycles. The van der Waals surface area contributed by atoms with Crippen LogP contribution in [0, 0.1) is 11.8 Å². The van der Waals surface area contributed by atoms with Gasteiger partial charge in [-0.2, -0.15) is 0 Å². The lowest BCUT2D eigenvalue weighted by Gasteiger charge is -2.22. The van der Waals surface area contributed by atoms with Crippen molar-refractivity contribution < 1.29 is 9.47 Å². The van der Waals surface area contributed by atoms with Gasteiger partial charge in [-0.1, -0.05) is 39.8 Å². The topological polar surface area (TPSA) is 18.5 Å². The molecule has 0 bridgehead atoms. The zero-order chi connectivity index (χ0) is 17.4. The number of ether oxygens (including phenoxy) is 2. The molecule has 2 nitrogen and oxygen atoms in total. The van der Waals surface area contributed by atoms with E-state index in [0.717, 1.165) is 37.9 Å². The molecule has 0 aliphatic carbocycles. The fraction of sp³-hybridized carbons (Fsp3) is 0.714. The highest BCUT2D eigenvalue weighted by Gasteiger charge is 2.31. The first kappa shape index (κ1) is 19.7. The van der Waals surface area contributed by atoms with Gasteiger partial charge in [0.2, 0.25) is 0 Å². The third-order valence-electron chi connectivity index (χ3n) is 4.50. The summed E-state index contributed by atoms with van der Waals surface area (Å²) < 4.78 is 11.5. The molecular weight excluding hydrogens is 312 g/mol. The fourth-order valence-corrected chi connectivity index (χ4v) is 6.61. The van der Waals surface area contributed by atoms with E-state index >= 15 is 0 Å². The molecule has 1 aliphatic rings. The van der Waals surface area contributed by atoms with Crippen LogP contribution in [-0.2, 0) is 15.9 Å². The molecule has 3 heteroatoms. The predicted molar refractivity (Wildman–Crippen MR) is 104 cm³/mol. The standard InChI is InChI=1S/C21H35O2Si/c1-17(2)15-24(16-18(3)4)20-10-8-19(9-11-20)12-14-23-21-7-5-6-13-22-21/h8-11,17-18,21H,5-7,12-16H2,1-4H3/q+1. The first-order valence-corrected chi connectivity index (χ1v) is 11.6. The van der Waals surface area contributed by atoms with Crippen molar-refractivity contribution in [3.63, 3.8) is 0 Å². The Labute approximate surface area is 150 Å². The van der Waals surface area contributed by atoms with Gasteiger partial charge in [-0.15, -0.1) is 0 Å².